The van der Waals surface area contributed by atoms with Crippen molar-refractivity contribution >= 4 is 5.91 Å². The zero-order valence-corrected chi connectivity index (χ0v) is 11.5. The number of piperazine rings is 1. The number of hydrogen-bond acceptors (Lipinski definition) is 2. The van der Waals surface area contributed by atoms with Crippen molar-refractivity contribution in [1.82, 2.24) is 10.2 Å². The number of hydrogen-bond donors (Lipinski definition) is 1. The number of rotatable bonds is 2. The lowest BCUT2D eigenvalue weighted by Crippen LogP contribution is -2.49. The molecule has 1 aromatic carbocycles. The first kappa shape index (κ1) is 14.4. The average Bonchev–Trinajstić information content (AvgIpc) is 3.28. The van der Waals surface area contributed by atoms with Gasteiger partial charge in [0.15, 0.2) is 0 Å². The Labute approximate surface area is 121 Å². The number of carbonyl (C=O) groups excluding carboxylic acids is 1. The van der Waals surface area contributed by atoms with Crippen LogP contribution in [0.4, 0.5) is 13.2 Å². The van der Waals surface area contributed by atoms with Crippen molar-refractivity contribution in [3.8, 4) is 0 Å². The lowest BCUT2D eigenvalue weighted by molar-refractivity contribution is -0.138. The number of benzene rings is 1. The van der Waals surface area contributed by atoms with Gasteiger partial charge in [0.05, 0.1) is 11.0 Å². The Morgan fingerprint density at radius 3 is 2.43 bits per heavy atom. The van der Waals surface area contributed by atoms with E-state index in [2.05, 4.69) is 5.32 Å². The second-order valence-electron chi connectivity index (χ2n) is 5.70. The third kappa shape index (κ3) is 2.64. The summed E-state index contributed by atoms with van der Waals surface area (Å²) in [4.78, 5) is 14.4. The van der Waals surface area contributed by atoms with Gasteiger partial charge < -0.3 is 10.2 Å². The van der Waals surface area contributed by atoms with Gasteiger partial charge in [0, 0.05) is 26.2 Å². The summed E-state index contributed by atoms with van der Waals surface area (Å²) in [6.07, 6.45) is -3.10. The Balaban J connectivity index is 1.87. The predicted molar refractivity (Wildman–Crippen MR) is 71.8 cm³/mol. The molecule has 1 saturated heterocycles. The van der Waals surface area contributed by atoms with E-state index in [0.29, 0.717) is 31.5 Å². The largest absolute Gasteiger partial charge is 0.416 e. The van der Waals surface area contributed by atoms with Gasteiger partial charge in [-0.2, -0.15) is 13.2 Å². The fraction of sp³-hybridized carbons (Fsp3) is 0.533. The Hall–Kier alpha value is -1.56. The molecule has 2 fully saturated rings. The molecule has 1 saturated carbocycles. The molecule has 1 heterocycles. The zero-order chi connectivity index (χ0) is 15.1. The van der Waals surface area contributed by atoms with Crippen molar-refractivity contribution in [3.63, 3.8) is 0 Å². The summed E-state index contributed by atoms with van der Waals surface area (Å²) in [7, 11) is 0. The molecule has 3 nitrogen and oxygen atoms in total. The minimum Gasteiger partial charge on any atom is -0.339 e. The Morgan fingerprint density at radius 1 is 1.19 bits per heavy atom. The van der Waals surface area contributed by atoms with Gasteiger partial charge in [-0.25, -0.2) is 0 Å². The first-order valence-corrected chi connectivity index (χ1v) is 7.11. The van der Waals surface area contributed by atoms with Crippen LogP contribution in [-0.4, -0.2) is 37.0 Å². The maximum atomic E-state index is 12.8. The second-order valence-corrected chi connectivity index (χ2v) is 5.70. The molecule has 1 N–H and O–H groups in total. The van der Waals surface area contributed by atoms with E-state index in [4.69, 9.17) is 0 Å². The van der Waals surface area contributed by atoms with Crippen LogP contribution in [0.2, 0.25) is 0 Å². The van der Waals surface area contributed by atoms with Crippen molar-refractivity contribution in [3.05, 3.63) is 35.4 Å². The Bertz CT molecular complexity index is 546. The van der Waals surface area contributed by atoms with Crippen LogP contribution in [0.5, 0.6) is 0 Å². The van der Waals surface area contributed by atoms with E-state index in [1.165, 1.54) is 6.07 Å². The summed E-state index contributed by atoms with van der Waals surface area (Å²) in [6, 6.07) is 5.22. The van der Waals surface area contributed by atoms with Crippen molar-refractivity contribution < 1.29 is 18.0 Å². The summed E-state index contributed by atoms with van der Waals surface area (Å²) < 4.78 is 38.5. The maximum Gasteiger partial charge on any atom is 0.416 e. The molecule has 0 unspecified atom stereocenters. The van der Waals surface area contributed by atoms with Crippen molar-refractivity contribution in [2.45, 2.75) is 24.4 Å². The van der Waals surface area contributed by atoms with Crippen LogP contribution in [0.15, 0.2) is 24.3 Å². The summed E-state index contributed by atoms with van der Waals surface area (Å²) in [5.74, 6) is -0.0247. The molecule has 0 radical (unpaired) electrons. The third-order valence-corrected chi connectivity index (χ3v) is 4.31. The normalized spacial score (nSPS) is 21.2. The second kappa shape index (κ2) is 5.02. The minimum absolute atomic E-state index is 0.0247. The van der Waals surface area contributed by atoms with Gasteiger partial charge in [0.25, 0.3) is 0 Å². The molecule has 1 aliphatic carbocycles. The standard InChI is InChI=1S/C15H17F3N2O/c16-15(17,18)12-3-1-2-11(10-12)14(4-5-14)13(21)20-8-6-19-7-9-20/h1-3,10,19H,4-9H2. The van der Waals surface area contributed by atoms with Crippen LogP contribution in [0.3, 0.4) is 0 Å². The maximum absolute atomic E-state index is 12.8. The highest BCUT2D eigenvalue weighted by molar-refractivity contribution is 5.91. The number of alkyl halides is 3. The Kier molecular flexibility index (Phi) is 3.43. The van der Waals surface area contributed by atoms with E-state index in [-0.39, 0.29) is 5.91 Å². The van der Waals surface area contributed by atoms with Gasteiger partial charge in [0.1, 0.15) is 0 Å². The van der Waals surface area contributed by atoms with E-state index >= 15 is 0 Å². The predicted octanol–water partition coefficient (Wildman–Crippen LogP) is 2.17. The lowest BCUT2D eigenvalue weighted by Gasteiger charge is -2.31. The van der Waals surface area contributed by atoms with Gasteiger partial charge >= 0.3 is 6.18 Å². The number of halogens is 3. The molecule has 2 aliphatic rings. The molecule has 114 valence electrons. The average molecular weight is 298 g/mol. The molecule has 0 atom stereocenters. The topological polar surface area (TPSA) is 32.3 Å². The smallest absolute Gasteiger partial charge is 0.339 e. The van der Waals surface area contributed by atoms with Crippen LogP contribution in [0.1, 0.15) is 24.0 Å². The van der Waals surface area contributed by atoms with Gasteiger partial charge in [0.2, 0.25) is 5.91 Å². The summed E-state index contributed by atoms with van der Waals surface area (Å²) in [5, 5.41) is 3.17. The summed E-state index contributed by atoms with van der Waals surface area (Å²) in [6.45, 7) is 2.73. The molecule has 6 heteroatoms. The summed E-state index contributed by atoms with van der Waals surface area (Å²) >= 11 is 0. The van der Waals surface area contributed by atoms with E-state index < -0.39 is 17.2 Å². The SMILES string of the molecule is O=C(N1CCNCC1)C1(c2cccc(C(F)(F)F)c2)CC1. The molecule has 1 aliphatic heterocycles. The highest BCUT2D eigenvalue weighted by Crippen LogP contribution is 2.50. The van der Waals surface area contributed by atoms with Crippen LogP contribution in [-0.2, 0) is 16.4 Å². The number of nitrogens with one attached hydrogen (secondary N) is 1. The fourth-order valence-corrected chi connectivity index (χ4v) is 2.91. The van der Waals surface area contributed by atoms with E-state index in [0.717, 1.165) is 25.2 Å². The lowest BCUT2D eigenvalue weighted by atomic mass is 9.92. The van der Waals surface area contributed by atoms with Crippen molar-refractivity contribution in [1.29, 1.82) is 0 Å². The van der Waals surface area contributed by atoms with Crippen LogP contribution < -0.4 is 5.32 Å². The first-order chi connectivity index (χ1) is 9.93. The van der Waals surface area contributed by atoms with Crippen molar-refractivity contribution in [2.75, 3.05) is 26.2 Å². The van der Waals surface area contributed by atoms with E-state index in [1.807, 2.05) is 0 Å². The molecule has 3 rings (SSSR count). The first-order valence-electron chi connectivity index (χ1n) is 7.11. The highest BCUT2D eigenvalue weighted by atomic mass is 19.4. The Morgan fingerprint density at radius 2 is 1.86 bits per heavy atom. The van der Waals surface area contributed by atoms with Crippen LogP contribution in [0.25, 0.3) is 0 Å². The van der Waals surface area contributed by atoms with E-state index in [1.54, 1.807) is 11.0 Å². The molecule has 1 aromatic rings. The molecular formula is C15H17F3N2O. The molecule has 0 bridgehead atoms. The number of nitrogens with zero attached hydrogens (tertiary/aromatic N) is 1. The summed E-state index contributed by atoms with van der Waals surface area (Å²) in [5.41, 5.74) is -0.904. The van der Waals surface area contributed by atoms with Gasteiger partial charge in [-0.3, -0.25) is 4.79 Å². The van der Waals surface area contributed by atoms with Crippen molar-refractivity contribution in [2.24, 2.45) is 0 Å². The molecule has 0 aromatic heterocycles. The molecule has 21 heavy (non-hydrogen) atoms. The molecule has 0 spiro atoms. The fourth-order valence-electron chi connectivity index (χ4n) is 2.91. The minimum atomic E-state index is -4.37. The quantitative estimate of drug-likeness (QED) is 0.907. The third-order valence-electron chi connectivity index (χ3n) is 4.31. The molecular weight excluding hydrogens is 281 g/mol. The number of carbonyl (C=O) groups is 1. The van der Waals surface area contributed by atoms with Gasteiger partial charge in [-0.15, -0.1) is 0 Å². The van der Waals surface area contributed by atoms with Crippen LogP contribution in [0, 0.1) is 0 Å². The van der Waals surface area contributed by atoms with Crippen LogP contribution >= 0.6 is 0 Å². The highest BCUT2D eigenvalue weighted by Gasteiger charge is 2.53. The van der Waals surface area contributed by atoms with E-state index in [9.17, 15) is 18.0 Å². The monoisotopic (exact) mass is 298 g/mol. The van der Waals surface area contributed by atoms with Gasteiger partial charge in [-0.1, -0.05) is 18.2 Å². The zero-order valence-electron chi connectivity index (χ0n) is 11.5. The van der Waals surface area contributed by atoms with Gasteiger partial charge in [-0.05, 0) is 24.5 Å². The number of amides is 1. The molecule has 1 amide bonds.